The second-order valence-corrected chi connectivity index (χ2v) is 11.7. The normalized spacial score (nSPS) is 22.3. The summed E-state index contributed by atoms with van der Waals surface area (Å²) in [5, 5.41) is 8.24. The fraction of sp³-hybridized carbons (Fsp3) is 0.419. The third-order valence-corrected chi connectivity index (χ3v) is 8.83. The molecule has 2 aromatic carbocycles. The summed E-state index contributed by atoms with van der Waals surface area (Å²) < 4.78 is 42.8. The maximum atomic E-state index is 13.9. The van der Waals surface area contributed by atoms with Gasteiger partial charge in [0.1, 0.15) is 17.2 Å². The number of rotatable bonds is 5. The lowest BCUT2D eigenvalue weighted by atomic mass is 9.85. The topological polar surface area (TPSA) is 107 Å². The molecule has 1 N–H and O–H groups in total. The van der Waals surface area contributed by atoms with Gasteiger partial charge < -0.3 is 19.2 Å². The van der Waals surface area contributed by atoms with Crippen LogP contribution in [-0.4, -0.2) is 49.8 Å². The van der Waals surface area contributed by atoms with E-state index in [1.54, 1.807) is 0 Å². The zero-order valence-electron chi connectivity index (χ0n) is 23.8. The van der Waals surface area contributed by atoms with E-state index in [2.05, 4.69) is 21.5 Å². The summed E-state index contributed by atoms with van der Waals surface area (Å²) in [4.78, 5) is 23.7. The number of ether oxygens (including phenoxy) is 1. The maximum Gasteiger partial charge on any atom is 0.298 e. The second-order valence-electron chi connectivity index (χ2n) is 11.3. The average Bonchev–Trinajstić information content (AvgIpc) is 3.66. The molecule has 9 nitrogen and oxygen atoms in total. The van der Waals surface area contributed by atoms with Crippen LogP contribution in [0.15, 0.2) is 46.9 Å². The summed E-state index contributed by atoms with van der Waals surface area (Å²) in [5.41, 5.74) is 3.11. The van der Waals surface area contributed by atoms with Crippen LogP contribution in [0.1, 0.15) is 64.2 Å². The first-order valence-electron chi connectivity index (χ1n) is 14.5. The minimum absolute atomic E-state index is 0.0307. The molecule has 3 aromatic heterocycles. The molecule has 1 saturated carbocycles. The number of para-hydroxylation sites is 2. The van der Waals surface area contributed by atoms with E-state index in [-0.39, 0.29) is 24.7 Å². The van der Waals surface area contributed by atoms with Gasteiger partial charge in [-0.25, -0.2) is 18.7 Å². The van der Waals surface area contributed by atoms with Crippen molar-refractivity contribution in [1.82, 2.24) is 19.5 Å². The van der Waals surface area contributed by atoms with Crippen molar-refractivity contribution in [2.24, 2.45) is 5.92 Å². The number of anilines is 1. The van der Waals surface area contributed by atoms with Crippen molar-refractivity contribution < 1.29 is 27.8 Å². The molecule has 12 heteroatoms. The first kappa shape index (κ1) is 29.1. The fourth-order valence-electron chi connectivity index (χ4n) is 6.55. The Kier molecular flexibility index (Phi) is 8.09. The number of hydrogen-bond acceptors (Lipinski definition) is 7. The van der Waals surface area contributed by atoms with Crippen LogP contribution < -0.4 is 9.64 Å². The van der Waals surface area contributed by atoms with Crippen LogP contribution in [0.4, 0.5) is 14.6 Å². The van der Waals surface area contributed by atoms with Gasteiger partial charge in [0, 0.05) is 23.9 Å². The standard InChI is InChI=1S/C30H30ClF2N5O2.CH2O2/c1-16-8-3-5-12-22(16)38-25-20(31)10-7-11-21(25)34-30(38)39-18-14-17(2)37(15-18)29-26-24(35-28(36-29)27(32)33)19-9-4-6-13-23(19)40-26;2-1-3/h4,6-7,9-11,13,16-18,22,27H,3,5,8,12,14-15H2,1-2H3;1H,(H,2,3)/t16?,17-,18+,22?;/m1./s1. The number of carbonyl (C=O) groups is 1. The third-order valence-electron chi connectivity index (χ3n) is 8.52. The molecule has 226 valence electrons. The molecule has 4 heterocycles. The summed E-state index contributed by atoms with van der Waals surface area (Å²) >= 11 is 6.70. The van der Waals surface area contributed by atoms with Crippen molar-refractivity contribution in [3.8, 4) is 6.01 Å². The van der Waals surface area contributed by atoms with Crippen LogP contribution in [0.2, 0.25) is 5.02 Å². The number of benzene rings is 2. The average molecular weight is 612 g/mol. The Bertz CT molecular complexity index is 1780. The molecule has 2 fully saturated rings. The predicted molar refractivity (Wildman–Crippen MR) is 160 cm³/mol. The fourth-order valence-corrected chi connectivity index (χ4v) is 6.81. The molecule has 1 aliphatic heterocycles. The third kappa shape index (κ3) is 5.35. The van der Waals surface area contributed by atoms with Gasteiger partial charge in [-0.1, -0.05) is 49.6 Å². The van der Waals surface area contributed by atoms with Gasteiger partial charge in [0.05, 0.1) is 22.6 Å². The first-order chi connectivity index (χ1) is 20.8. The van der Waals surface area contributed by atoms with E-state index in [9.17, 15) is 8.78 Å². The molecule has 0 amide bonds. The number of fused-ring (bicyclic) bond motifs is 4. The van der Waals surface area contributed by atoms with Gasteiger partial charge in [-0.15, -0.1) is 0 Å². The van der Waals surface area contributed by atoms with Gasteiger partial charge >= 0.3 is 0 Å². The van der Waals surface area contributed by atoms with E-state index in [1.165, 1.54) is 6.42 Å². The zero-order chi connectivity index (χ0) is 30.2. The van der Waals surface area contributed by atoms with Crippen molar-refractivity contribution in [3.63, 3.8) is 0 Å². The smallest absolute Gasteiger partial charge is 0.298 e. The van der Waals surface area contributed by atoms with Crippen LogP contribution in [0.25, 0.3) is 33.1 Å². The summed E-state index contributed by atoms with van der Waals surface area (Å²) in [6, 6.07) is 13.9. The molecule has 43 heavy (non-hydrogen) atoms. The first-order valence-corrected chi connectivity index (χ1v) is 14.8. The summed E-state index contributed by atoms with van der Waals surface area (Å²) in [7, 11) is 0. The Hall–Kier alpha value is -3.99. The number of imidazole rings is 1. The minimum Gasteiger partial charge on any atom is -0.483 e. The molecule has 2 unspecified atom stereocenters. The molecular formula is C31H32ClF2N5O4. The number of nitrogens with zero attached hydrogens (tertiary/aromatic N) is 5. The number of aromatic nitrogens is 4. The lowest BCUT2D eigenvalue weighted by Crippen LogP contribution is -2.30. The van der Waals surface area contributed by atoms with E-state index >= 15 is 0 Å². The van der Waals surface area contributed by atoms with Crippen molar-refractivity contribution in [3.05, 3.63) is 53.3 Å². The van der Waals surface area contributed by atoms with Crippen molar-refractivity contribution in [2.45, 2.75) is 70.6 Å². The molecule has 1 saturated heterocycles. The highest BCUT2D eigenvalue weighted by atomic mass is 35.5. The van der Waals surface area contributed by atoms with Crippen LogP contribution in [0, 0.1) is 5.92 Å². The molecule has 0 radical (unpaired) electrons. The van der Waals surface area contributed by atoms with E-state index in [0.29, 0.717) is 57.8 Å². The van der Waals surface area contributed by atoms with Crippen molar-refractivity contribution >= 4 is 57.0 Å². The molecule has 0 bridgehead atoms. The van der Waals surface area contributed by atoms with Crippen molar-refractivity contribution in [1.29, 1.82) is 0 Å². The summed E-state index contributed by atoms with van der Waals surface area (Å²) in [6.07, 6.45) is 2.21. The summed E-state index contributed by atoms with van der Waals surface area (Å²) in [6.45, 7) is 4.53. The molecular weight excluding hydrogens is 580 g/mol. The highest BCUT2D eigenvalue weighted by Gasteiger charge is 2.37. The van der Waals surface area contributed by atoms with E-state index in [1.807, 2.05) is 54.3 Å². The SMILES string of the molecule is CC1CCCCC1n1c(O[C@H]2C[C@@H](C)N(c3nc(C(F)F)nc4c3oc3ccccc34)C2)nc2cccc(Cl)c21.O=CO. The molecule has 4 atom stereocenters. The maximum absolute atomic E-state index is 13.9. The van der Waals surface area contributed by atoms with Crippen LogP contribution in [0.3, 0.4) is 0 Å². The van der Waals surface area contributed by atoms with Gasteiger partial charge in [0.25, 0.3) is 18.9 Å². The highest BCUT2D eigenvalue weighted by molar-refractivity contribution is 6.35. The van der Waals surface area contributed by atoms with Crippen LogP contribution in [-0.2, 0) is 4.79 Å². The number of furan rings is 1. The molecule has 5 aromatic rings. The van der Waals surface area contributed by atoms with E-state index in [0.717, 1.165) is 30.3 Å². The molecule has 7 rings (SSSR count). The Balaban J connectivity index is 0.00000105. The number of halogens is 3. The van der Waals surface area contributed by atoms with Crippen LogP contribution >= 0.6 is 11.6 Å². The van der Waals surface area contributed by atoms with Gasteiger partial charge in [-0.2, -0.15) is 4.98 Å². The largest absolute Gasteiger partial charge is 0.483 e. The Morgan fingerprint density at radius 2 is 1.86 bits per heavy atom. The lowest BCUT2D eigenvalue weighted by Gasteiger charge is -2.31. The Morgan fingerprint density at radius 3 is 2.63 bits per heavy atom. The van der Waals surface area contributed by atoms with Gasteiger partial charge in [0.15, 0.2) is 17.2 Å². The van der Waals surface area contributed by atoms with Crippen molar-refractivity contribution in [2.75, 3.05) is 11.4 Å². The van der Waals surface area contributed by atoms with E-state index in [4.69, 9.17) is 35.6 Å². The summed E-state index contributed by atoms with van der Waals surface area (Å²) in [5.74, 6) is 0.333. The molecule has 0 spiro atoms. The van der Waals surface area contributed by atoms with Gasteiger partial charge in [-0.3, -0.25) is 9.36 Å². The zero-order valence-corrected chi connectivity index (χ0v) is 24.5. The molecule has 2 aliphatic rings. The number of hydrogen-bond donors (Lipinski definition) is 1. The van der Waals surface area contributed by atoms with Gasteiger partial charge in [-0.05, 0) is 49.9 Å². The monoisotopic (exact) mass is 611 g/mol. The van der Waals surface area contributed by atoms with Crippen LogP contribution in [0.5, 0.6) is 6.01 Å². The predicted octanol–water partition coefficient (Wildman–Crippen LogP) is 7.81. The minimum atomic E-state index is -2.80. The van der Waals surface area contributed by atoms with E-state index < -0.39 is 12.2 Å². The number of carboxylic acid groups (broad SMARTS) is 1. The quantitative estimate of drug-likeness (QED) is 0.201. The second kappa shape index (κ2) is 11.9. The lowest BCUT2D eigenvalue weighted by molar-refractivity contribution is -0.122. The highest BCUT2D eigenvalue weighted by Crippen LogP contribution is 2.42. The molecule has 1 aliphatic carbocycles. The number of alkyl halides is 2. The Morgan fingerprint density at radius 1 is 1.09 bits per heavy atom. The van der Waals surface area contributed by atoms with Gasteiger partial charge in [0.2, 0.25) is 0 Å². The Labute approximate surface area is 251 Å².